The van der Waals surface area contributed by atoms with Crippen molar-refractivity contribution in [1.82, 2.24) is 0 Å². The van der Waals surface area contributed by atoms with E-state index in [1.165, 1.54) is 12.1 Å². The summed E-state index contributed by atoms with van der Waals surface area (Å²) in [6.45, 7) is 0. The van der Waals surface area contributed by atoms with Gasteiger partial charge in [0.15, 0.2) is 23.3 Å². The first kappa shape index (κ1) is 38.6. The van der Waals surface area contributed by atoms with Crippen LogP contribution in [0.1, 0.15) is 0 Å². The lowest BCUT2D eigenvalue weighted by molar-refractivity contribution is 0.460. The maximum absolute atomic E-state index is 16.4. The van der Waals surface area contributed by atoms with Crippen LogP contribution in [0.2, 0.25) is 0 Å². The summed E-state index contributed by atoms with van der Waals surface area (Å²) in [5.74, 6) is -6.68. The second kappa shape index (κ2) is 15.5. The van der Waals surface area contributed by atoms with Gasteiger partial charge >= 0.3 is 0 Å². The molecule has 0 fully saturated rings. The molecule has 0 atom stereocenters. The molecule has 0 bridgehead atoms. The highest BCUT2D eigenvalue weighted by Crippen LogP contribution is 2.46. The summed E-state index contributed by atoms with van der Waals surface area (Å²) in [6.07, 6.45) is 0. The number of rotatable bonds is 8. The molecule has 11 rings (SSSR count). The van der Waals surface area contributed by atoms with E-state index in [4.69, 9.17) is 4.42 Å². The normalized spacial score (nSPS) is 11.5. The third-order valence-electron chi connectivity index (χ3n) is 11.8. The van der Waals surface area contributed by atoms with Crippen LogP contribution in [0.5, 0.6) is 5.75 Å². The molecule has 0 unspecified atom stereocenters. The van der Waals surface area contributed by atoms with Gasteiger partial charge in [0, 0.05) is 44.5 Å². The summed E-state index contributed by atoms with van der Waals surface area (Å²) in [7, 11) is 0. The van der Waals surface area contributed by atoms with E-state index in [2.05, 4.69) is 29.6 Å². The van der Waals surface area contributed by atoms with E-state index in [9.17, 15) is 5.11 Å². The smallest absolute Gasteiger partial charge is 0.186 e. The van der Waals surface area contributed by atoms with Crippen LogP contribution in [-0.2, 0) is 0 Å². The van der Waals surface area contributed by atoms with Crippen molar-refractivity contribution < 1.29 is 27.1 Å². The molecule has 64 heavy (non-hydrogen) atoms. The summed E-state index contributed by atoms with van der Waals surface area (Å²) in [5, 5.41) is 20.4. The molecule has 10 aromatic carbocycles. The standard InChI is InChI=1S/C56H34F4N2O2/c57-52-50(53(58)55(60)56(54(52)59)62(38-13-2-1-3-14-38)39-27-23-33-11-4-5-12-35(33)31-39)36-24-28-44(47(63)32-36)42-29-30-46(43-16-7-6-15-41(42)43)61-37-25-21-34(22-26-37)40-18-10-20-49-51(40)45-17-8-9-19-48(45)64-49/h1-32,61,63H. The summed E-state index contributed by atoms with van der Waals surface area (Å²) in [4.78, 5) is 1.16. The Kier molecular flexibility index (Phi) is 9.35. The zero-order valence-corrected chi connectivity index (χ0v) is 33.8. The summed E-state index contributed by atoms with van der Waals surface area (Å²) < 4.78 is 71.6. The molecule has 1 heterocycles. The molecule has 1 aromatic heterocycles. The molecule has 0 aliphatic rings. The molecule has 0 amide bonds. The lowest BCUT2D eigenvalue weighted by Crippen LogP contribution is -2.16. The number of furan rings is 1. The van der Waals surface area contributed by atoms with Gasteiger partial charge in [0.05, 0.1) is 5.56 Å². The Balaban J connectivity index is 0.922. The van der Waals surface area contributed by atoms with Crippen LogP contribution in [0, 0.1) is 23.3 Å². The second-order valence-corrected chi connectivity index (χ2v) is 15.6. The molecule has 8 heteroatoms. The Morgan fingerprint density at radius 3 is 1.84 bits per heavy atom. The molecule has 0 spiro atoms. The minimum Gasteiger partial charge on any atom is -0.507 e. The molecule has 2 N–H and O–H groups in total. The van der Waals surface area contributed by atoms with Gasteiger partial charge in [-0.05, 0) is 99.1 Å². The maximum Gasteiger partial charge on any atom is 0.186 e. The summed E-state index contributed by atoms with van der Waals surface area (Å²) in [5.41, 5.74) is 4.98. The van der Waals surface area contributed by atoms with E-state index in [-0.39, 0.29) is 11.3 Å². The minimum absolute atomic E-state index is 0.235. The van der Waals surface area contributed by atoms with Crippen molar-refractivity contribution in [2.45, 2.75) is 0 Å². The van der Waals surface area contributed by atoms with E-state index < -0.39 is 34.5 Å². The molecule has 0 aliphatic heterocycles. The third kappa shape index (κ3) is 6.46. The van der Waals surface area contributed by atoms with Gasteiger partial charge in [-0.15, -0.1) is 0 Å². The number of benzene rings is 10. The Morgan fingerprint density at radius 2 is 1.08 bits per heavy atom. The zero-order valence-electron chi connectivity index (χ0n) is 33.8. The van der Waals surface area contributed by atoms with Gasteiger partial charge in [0.2, 0.25) is 0 Å². The monoisotopic (exact) mass is 842 g/mol. The van der Waals surface area contributed by atoms with Crippen LogP contribution >= 0.6 is 0 Å². The number of halogens is 4. The Labute approximate surface area is 364 Å². The predicted octanol–water partition coefficient (Wildman–Crippen LogP) is 16.4. The number of nitrogens with one attached hydrogen (secondary N) is 1. The van der Waals surface area contributed by atoms with Crippen molar-refractivity contribution in [3.05, 3.63) is 217 Å². The van der Waals surface area contributed by atoms with Crippen LogP contribution in [0.4, 0.5) is 46.0 Å². The van der Waals surface area contributed by atoms with Gasteiger partial charge in [-0.2, -0.15) is 0 Å². The molecule has 11 aromatic rings. The molecular formula is C56H34F4N2O2. The van der Waals surface area contributed by atoms with E-state index >= 15 is 17.6 Å². The number of hydrogen-bond donors (Lipinski definition) is 2. The van der Waals surface area contributed by atoms with Crippen molar-refractivity contribution >= 4 is 71.9 Å². The topological polar surface area (TPSA) is 48.6 Å². The van der Waals surface area contributed by atoms with Gasteiger partial charge in [0.25, 0.3) is 0 Å². The molecule has 0 saturated carbocycles. The SMILES string of the molecule is Oc1cc(-c2c(F)c(F)c(N(c3ccccc3)c3ccc4ccccc4c3)c(F)c2F)ccc1-c1ccc(Nc2ccc(-c3cccc4oc5ccccc5c34)cc2)c2ccccc12. The minimum atomic E-state index is -1.59. The number of fused-ring (bicyclic) bond motifs is 5. The Bertz CT molecular complexity index is 3580. The lowest BCUT2D eigenvalue weighted by Gasteiger charge is -2.27. The fourth-order valence-corrected chi connectivity index (χ4v) is 8.83. The predicted molar refractivity (Wildman–Crippen MR) is 251 cm³/mol. The number of phenols is 1. The zero-order chi connectivity index (χ0) is 43.5. The maximum atomic E-state index is 16.4. The number of phenolic OH excluding ortho intramolecular Hbond substituents is 1. The van der Waals surface area contributed by atoms with Crippen LogP contribution in [0.15, 0.2) is 199 Å². The van der Waals surface area contributed by atoms with Gasteiger partial charge in [-0.1, -0.05) is 133 Å². The Morgan fingerprint density at radius 1 is 0.438 bits per heavy atom. The quantitative estimate of drug-likeness (QED) is 0.118. The first-order valence-electron chi connectivity index (χ1n) is 20.7. The highest BCUT2D eigenvalue weighted by molar-refractivity contribution is 6.12. The summed E-state index contributed by atoms with van der Waals surface area (Å²) >= 11 is 0. The Hall–Kier alpha value is -8.36. The highest BCUT2D eigenvalue weighted by atomic mass is 19.2. The van der Waals surface area contributed by atoms with Gasteiger partial charge in [-0.25, -0.2) is 17.6 Å². The number of anilines is 5. The van der Waals surface area contributed by atoms with Gasteiger partial charge in [-0.3, -0.25) is 0 Å². The molecule has 0 saturated heterocycles. The first-order chi connectivity index (χ1) is 31.3. The van der Waals surface area contributed by atoms with Crippen molar-refractivity contribution in [2.24, 2.45) is 0 Å². The van der Waals surface area contributed by atoms with Crippen LogP contribution < -0.4 is 10.2 Å². The van der Waals surface area contributed by atoms with Crippen LogP contribution in [0.25, 0.3) is 76.9 Å². The first-order valence-corrected chi connectivity index (χ1v) is 20.7. The highest BCUT2D eigenvalue weighted by Gasteiger charge is 2.31. The number of para-hydroxylation sites is 2. The van der Waals surface area contributed by atoms with Gasteiger partial charge in [0.1, 0.15) is 22.6 Å². The fourth-order valence-electron chi connectivity index (χ4n) is 8.83. The van der Waals surface area contributed by atoms with E-state index in [0.29, 0.717) is 22.5 Å². The number of hydrogen-bond acceptors (Lipinski definition) is 4. The van der Waals surface area contributed by atoms with E-state index in [1.54, 1.807) is 48.5 Å². The van der Waals surface area contributed by atoms with Crippen molar-refractivity contribution in [3.8, 4) is 39.1 Å². The lowest BCUT2D eigenvalue weighted by atomic mass is 9.94. The van der Waals surface area contributed by atoms with Crippen molar-refractivity contribution in [3.63, 3.8) is 0 Å². The van der Waals surface area contributed by atoms with Crippen molar-refractivity contribution in [1.29, 1.82) is 0 Å². The molecule has 0 aliphatic carbocycles. The number of nitrogens with zero attached hydrogens (tertiary/aromatic N) is 1. The van der Waals surface area contributed by atoms with Gasteiger partial charge < -0.3 is 19.7 Å². The van der Waals surface area contributed by atoms with E-state index in [1.807, 2.05) is 103 Å². The van der Waals surface area contributed by atoms with Crippen LogP contribution in [-0.4, -0.2) is 5.11 Å². The number of aromatic hydroxyl groups is 1. The molecular weight excluding hydrogens is 809 g/mol. The molecule has 0 radical (unpaired) electrons. The molecule has 4 nitrogen and oxygen atoms in total. The second-order valence-electron chi connectivity index (χ2n) is 15.6. The van der Waals surface area contributed by atoms with E-state index in [0.717, 1.165) is 77.0 Å². The summed E-state index contributed by atoms with van der Waals surface area (Å²) in [6, 6.07) is 58.5. The van der Waals surface area contributed by atoms with Crippen LogP contribution in [0.3, 0.4) is 0 Å². The molecule has 308 valence electrons. The largest absolute Gasteiger partial charge is 0.507 e. The average molecular weight is 843 g/mol. The average Bonchev–Trinajstić information content (AvgIpc) is 3.72. The fraction of sp³-hybridized carbons (Fsp3) is 0. The van der Waals surface area contributed by atoms with Crippen molar-refractivity contribution in [2.75, 3.05) is 10.2 Å². The third-order valence-corrected chi connectivity index (χ3v) is 11.8.